The summed E-state index contributed by atoms with van der Waals surface area (Å²) in [6.07, 6.45) is 3.22. The van der Waals surface area contributed by atoms with Crippen LogP contribution in [0.15, 0.2) is 29.3 Å². The van der Waals surface area contributed by atoms with E-state index in [4.69, 9.17) is 17.3 Å². The Morgan fingerprint density at radius 2 is 2.32 bits per heavy atom. The van der Waals surface area contributed by atoms with Crippen molar-refractivity contribution in [1.82, 2.24) is 4.90 Å². The third-order valence-corrected chi connectivity index (χ3v) is 4.27. The molecule has 1 aromatic carbocycles. The molecule has 2 bridgehead atoms. The summed E-state index contributed by atoms with van der Waals surface area (Å²) in [7, 11) is 0. The number of nitrogens with two attached hydrogens (primary N) is 1. The van der Waals surface area contributed by atoms with Crippen molar-refractivity contribution in [3.8, 4) is 0 Å². The number of halogens is 1. The molecule has 1 fully saturated rings. The first-order chi connectivity index (χ1) is 9.13. The zero-order valence-corrected chi connectivity index (χ0v) is 12.0. The van der Waals surface area contributed by atoms with Gasteiger partial charge in [-0.1, -0.05) is 23.7 Å². The van der Waals surface area contributed by atoms with Crippen molar-refractivity contribution in [2.75, 3.05) is 36.8 Å². The van der Waals surface area contributed by atoms with Gasteiger partial charge in [-0.05, 0) is 31.0 Å². The molecule has 0 saturated carbocycles. The molecule has 3 rings (SSSR count). The molecule has 0 radical (unpaired) electrons. The molecule has 2 aliphatic heterocycles. The quantitative estimate of drug-likeness (QED) is 0.843. The van der Waals surface area contributed by atoms with E-state index in [1.165, 1.54) is 11.3 Å². The molecule has 0 spiro atoms. The standard InChI is InChI=1S/C15H20ClN3/c1-11(16)4-5-18-6-7-19-10-14(18)8-12-2-3-13(17)9-15(12)19/h2-4,9,14H,5-8,10,17H2,1H3/b11-4+. The Bertz CT molecular complexity index is 508. The average molecular weight is 278 g/mol. The predicted octanol–water partition coefficient (Wildman–Crippen LogP) is 2.46. The number of anilines is 2. The molecule has 0 amide bonds. The summed E-state index contributed by atoms with van der Waals surface area (Å²) in [6, 6.07) is 6.89. The van der Waals surface area contributed by atoms with Gasteiger partial charge in [-0.15, -0.1) is 0 Å². The summed E-state index contributed by atoms with van der Waals surface area (Å²) in [4.78, 5) is 5.00. The van der Waals surface area contributed by atoms with Gasteiger partial charge in [0.1, 0.15) is 0 Å². The maximum absolute atomic E-state index is 5.94. The van der Waals surface area contributed by atoms with Gasteiger partial charge in [-0.25, -0.2) is 0 Å². The summed E-state index contributed by atoms with van der Waals surface area (Å²) in [5.74, 6) is 0. The number of nitrogens with zero attached hydrogens (tertiary/aromatic N) is 2. The average Bonchev–Trinajstić information content (AvgIpc) is 2.39. The van der Waals surface area contributed by atoms with Crippen molar-refractivity contribution in [3.05, 3.63) is 34.9 Å². The highest BCUT2D eigenvalue weighted by Crippen LogP contribution is 2.32. The minimum Gasteiger partial charge on any atom is -0.399 e. The van der Waals surface area contributed by atoms with Crippen LogP contribution in [0.4, 0.5) is 11.4 Å². The van der Waals surface area contributed by atoms with Crippen LogP contribution in [0.5, 0.6) is 0 Å². The molecule has 3 nitrogen and oxygen atoms in total. The van der Waals surface area contributed by atoms with E-state index in [1.54, 1.807) is 0 Å². The zero-order valence-electron chi connectivity index (χ0n) is 11.3. The molecular formula is C15H20ClN3. The molecule has 2 heterocycles. The van der Waals surface area contributed by atoms with Crippen LogP contribution in [-0.2, 0) is 6.42 Å². The number of fused-ring (bicyclic) bond motifs is 4. The Balaban J connectivity index is 1.81. The second-order valence-corrected chi connectivity index (χ2v) is 6.07. The van der Waals surface area contributed by atoms with Crippen LogP contribution in [0.25, 0.3) is 0 Å². The topological polar surface area (TPSA) is 32.5 Å². The number of rotatable bonds is 2. The van der Waals surface area contributed by atoms with E-state index in [0.717, 1.165) is 43.3 Å². The minimum atomic E-state index is 0.595. The van der Waals surface area contributed by atoms with Gasteiger partial charge < -0.3 is 10.6 Å². The monoisotopic (exact) mass is 277 g/mol. The van der Waals surface area contributed by atoms with Crippen LogP contribution in [0.3, 0.4) is 0 Å². The van der Waals surface area contributed by atoms with Crippen molar-refractivity contribution in [2.24, 2.45) is 0 Å². The van der Waals surface area contributed by atoms with Gasteiger partial charge in [0.05, 0.1) is 0 Å². The first-order valence-electron chi connectivity index (χ1n) is 6.83. The van der Waals surface area contributed by atoms with E-state index in [1.807, 2.05) is 13.0 Å². The molecule has 0 aliphatic carbocycles. The molecule has 0 aromatic heterocycles. The lowest BCUT2D eigenvalue weighted by Crippen LogP contribution is -2.56. The minimum absolute atomic E-state index is 0.595. The Morgan fingerprint density at radius 1 is 1.47 bits per heavy atom. The van der Waals surface area contributed by atoms with E-state index in [2.05, 4.69) is 28.0 Å². The van der Waals surface area contributed by atoms with Crippen molar-refractivity contribution in [1.29, 1.82) is 0 Å². The summed E-state index contributed by atoms with van der Waals surface area (Å²) in [6.45, 7) is 6.17. The molecule has 102 valence electrons. The highest BCUT2D eigenvalue weighted by Gasteiger charge is 2.32. The molecule has 1 atom stereocenters. The van der Waals surface area contributed by atoms with Gasteiger partial charge in [-0.2, -0.15) is 0 Å². The second-order valence-electron chi connectivity index (χ2n) is 5.48. The molecule has 1 unspecified atom stereocenters. The molecule has 2 N–H and O–H groups in total. The van der Waals surface area contributed by atoms with Gasteiger partial charge >= 0.3 is 0 Å². The van der Waals surface area contributed by atoms with Gasteiger partial charge in [0.25, 0.3) is 0 Å². The molecule has 19 heavy (non-hydrogen) atoms. The first-order valence-corrected chi connectivity index (χ1v) is 7.21. The fourth-order valence-corrected chi connectivity index (χ4v) is 3.16. The normalized spacial score (nSPS) is 23.4. The Morgan fingerprint density at radius 3 is 3.11 bits per heavy atom. The third kappa shape index (κ3) is 2.58. The van der Waals surface area contributed by atoms with E-state index in [9.17, 15) is 0 Å². The number of hydrogen-bond donors (Lipinski definition) is 1. The van der Waals surface area contributed by atoms with Crippen molar-refractivity contribution >= 4 is 23.0 Å². The first kappa shape index (κ1) is 12.8. The van der Waals surface area contributed by atoms with Crippen LogP contribution in [0.1, 0.15) is 12.5 Å². The van der Waals surface area contributed by atoms with Gasteiger partial charge in [0, 0.05) is 48.6 Å². The van der Waals surface area contributed by atoms with E-state index in [0.29, 0.717) is 6.04 Å². The molecule has 1 aromatic rings. The summed E-state index contributed by atoms with van der Waals surface area (Å²) >= 11 is 5.94. The van der Waals surface area contributed by atoms with Crippen LogP contribution in [0, 0.1) is 0 Å². The molecular weight excluding hydrogens is 258 g/mol. The van der Waals surface area contributed by atoms with Crippen LogP contribution in [-0.4, -0.2) is 37.1 Å². The maximum Gasteiger partial charge on any atom is 0.0421 e. The summed E-state index contributed by atoms with van der Waals surface area (Å²) in [5, 5.41) is 0.881. The molecule has 4 heteroatoms. The molecule has 2 aliphatic rings. The lowest BCUT2D eigenvalue weighted by Gasteiger charge is -2.46. The Labute approximate surface area is 119 Å². The number of hydrogen-bond acceptors (Lipinski definition) is 3. The highest BCUT2D eigenvalue weighted by molar-refractivity contribution is 6.29. The fraction of sp³-hybridized carbons (Fsp3) is 0.467. The maximum atomic E-state index is 5.94. The zero-order chi connectivity index (χ0) is 13.4. The van der Waals surface area contributed by atoms with Gasteiger partial charge in [0.15, 0.2) is 0 Å². The van der Waals surface area contributed by atoms with E-state index in [-0.39, 0.29) is 0 Å². The summed E-state index contributed by atoms with van der Waals surface area (Å²) < 4.78 is 0. The van der Waals surface area contributed by atoms with Crippen molar-refractivity contribution in [3.63, 3.8) is 0 Å². The van der Waals surface area contributed by atoms with Crippen LogP contribution < -0.4 is 10.6 Å². The SMILES string of the molecule is C/C(Cl)=C\CN1CCN2CC1Cc1ccc(N)cc12. The number of nitrogen functional groups attached to an aromatic ring is 1. The largest absolute Gasteiger partial charge is 0.399 e. The van der Waals surface area contributed by atoms with Crippen LogP contribution >= 0.6 is 11.6 Å². The Kier molecular flexibility index (Phi) is 3.42. The molecule has 1 saturated heterocycles. The number of benzene rings is 1. The predicted molar refractivity (Wildman–Crippen MR) is 81.7 cm³/mol. The van der Waals surface area contributed by atoms with Crippen molar-refractivity contribution in [2.45, 2.75) is 19.4 Å². The van der Waals surface area contributed by atoms with Crippen molar-refractivity contribution < 1.29 is 0 Å². The number of allylic oxidation sites excluding steroid dienone is 1. The number of piperazine rings is 1. The Hall–Kier alpha value is -1.19. The second kappa shape index (κ2) is 5.06. The third-order valence-electron chi connectivity index (χ3n) is 4.12. The van der Waals surface area contributed by atoms with E-state index < -0.39 is 0 Å². The van der Waals surface area contributed by atoms with E-state index >= 15 is 0 Å². The van der Waals surface area contributed by atoms with Gasteiger partial charge in [-0.3, -0.25) is 4.90 Å². The van der Waals surface area contributed by atoms with Gasteiger partial charge in [0.2, 0.25) is 0 Å². The smallest absolute Gasteiger partial charge is 0.0421 e. The lowest BCUT2D eigenvalue weighted by molar-refractivity contribution is 0.188. The summed E-state index contributed by atoms with van der Waals surface area (Å²) in [5.41, 5.74) is 9.51. The highest BCUT2D eigenvalue weighted by atomic mass is 35.5. The fourth-order valence-electron chi connectivity index (χ4n) is 3.09. The lowest BCUT2D eigenvalue weighted by atomic mass is 9.94. The van der Waals surface area contributed by atoms with Crippen LogP contribution in [0.2, 0.25) is 0 Å².